The molecule has 9 heteroatoms. The van der Waals surface area contributed by atoms with Crippen molar-refractivity contribution < 1.29 is 26.6 Å². The maximum absolute atomic E-state index is 5.78. The molecule has 0 aliphatic rings. The number of hydrogen-bond acceptors (Lipinski definition) is 6. The standard InChI is InChI=1S/C25H50O6Si3/c1-26-32(7,27-2)21-13-18-25(24-16-11-10-12-17-24,19-14-22-33(8,28-3)29-4)20-15-23-34(9,30-5)31-6/h10-12,16-17H,13-15,18-23H2,1-9H3. The smallest absolute Gasteiger partial charge is 0.334 e. The van der Waals surface area contributed by atoms with E-state index in [1.807, 2.05) is 0 Å². The van der Waals surface area contributed by atoms with Gasteiger partial charge in [0.05, 0.1) is 0 Å². The zero-order valence-corrected chi connectivity index (χ0v) is 26.2. The highest BCUT2D eigenvalue weighted by Gasteiger charge is 2.37. The Hall–Kier alpha value is -0.369. The summed E-state index contributed by atoms with van der Waals surface area (Å²) in [6.07, 6.45) is 6.53. The van der Waals surface area contributed by atoms with Crippen LogP contribution in [0.25, 0.3) is 0 Å². The summed E-state index contributed by atoms with van der Waals surface area (Å²) >= 11 is 0. The van der Waals surface area contributed by atoms with Gasteiger partial charge in [-0.3, -0.25) is 0 Å². The third kappa shape index (κ3) is 9.59. The van der Waals surface area contributed by atoms with Gasteiger partial charge in [0, 0.05) is 42.7 Å². The van der Waals surface area contributed by atoms with Gasteiger partial charge in [-0.25, -0.2) is 0 Å². The predicted octanol–water partition coefficient (Wildman–Crippen LogP) is 6.36. The molecule has 0 saturated heterocycles. The first kappa shape index (κ1) is 31.7. The van der Waals surface area contributed by atoms with Crippen LogP contribution in [0.15, 0.2) is 30.3 Å². The Bertz CT molecular complexity index is 604. The SMILES string of the molecule is CO[Si](C)(CCCC(CCC[Si](C)(OC)OC)(CCC[Si](C)(OC)OC)c1ccccc1)OC. The summed E-state index contributed by atoms with van der Waals surface area (Å²) in [5.41, 5.74) is 1.50. The average Bonchev–Trinajstić information content (AvgIpc) is 2.88. The molecule has 198 valence electrons. The minimum absolute atomic E-state index is 0.0750. The first-order valence-corrected chi connectivity index (χ1v) is 20.0. The molecule has 0 aliphatic heterocycles. The predicted molar refractivity (Wildman–Crippen MR) is 147 cm³/mol. The second-order valence-electron chi connectivity index (χ2n) is 9.83. The Kier molecular flexibility index (Phi) is 14.0. The molecule has 0 aromatic heterocycles. The summed E-state index contributed by atoms with van der Waals surface area (Å²) in [5.74, 6) is 0. The van der Waals surface area contributed by atoms with Crippen LogP contribution >= 0.6 is 0 Å². The molecule has 0 bridgehead atoms. The molecular weight excluding hydrogens is 481 g/mol. The van der Waals surface area contributed by atoms with Gasteiger partial charge in [0.25, 0.3) is 0 Å². The zero-order chi connectivity index (χ0) is 25.7. The van der Waals surface area contributed by atoms with Crippen molar-refractivity contribution in [2.45, 2.75) is 81.7 Å². The van der Waals surface area contributed by atoms with Gasteiger partial charge in [-0.1, -0.05) is 49.6 Å². The van der Waals surface area contributed by atoms with E-state index in [0.29, 0.717) is 0 Å². The molecule has 0 radical (unpaired) electrons. The van der Waals surface area contributed by atoms with E-state index in [9.17, 15) is 0 Å². The monoisotopic (exact) mass is 530 g/mol. The molecule has 0 N–H and O–H groups in total. The van der Waals surface area contributed by atoms with Crippen molar-refractivity contribution in [2.75, 3.05) is 42.7 Å². The lowest BCUT2D eigenvalue weighted by atomic mass is 9.70. The number of rotatable bonds is 19. The highest BCUT2D eigenvalue weighted by atomic mass is 28.4. The fraction of sp³-hybridized carbons (Fsp3) is 0.760. The van der Waals surface area contributed by atoms with Crippen LogP contribution in [0.5, 0.6) is 0 Å². The molecule has 1 aromatic carbocycles. The quantitative estimate of drug-likeness (QED) is 0.194. The summed E-state index contributed by atoms with van der Waals surface area (Å²) in [4.78, 5) is 0. The Labute approximate surface area is 212 Å². The molecule has 0 saturated carbocycles. The van der Waals surface area contributed by atoms with E-state index in [1.165, 1.54) is 5.56 Å². The topological polar surface area (TPSA) is 55.4 Å². The molecule has 1 aromatic rings. The lowest BCUT2D eigenvalue weighted by Crippen LogP contribution is -2.38. The summed E-state index contributed by atoms with van der Waals surface area (Å²) in [6.45, 7) is 6.46. The number of hydrogen-bond donors (Lipinski definition) is 0. The summed E-state index contributed by atoms with van der Waals surface area (Å²) in [5, 5.41) is 0. The van der Waals surface area contributed by atoms with E-state index < -0.39 is 25.7 Å². The van der Waals surface area contributed by atoms with E-state index in [4.69, 9.17) is 26.6 Å². The third-order valence-electron chi connectivity index (χ3n) is 7.84. The van der Waals surface area contributed by atoms with Crippen LogP contribution in [0.4, 0.5) is 0 Å². The van der Waals surface area contributed by atoms with Gasteiger partial charge in [-0.2, -0.15) is 0 Å². The van der Waals surface area contributed by atoms with E-state index in [-0.39, 0.29) is 5.41 Å². The lowest BCUT2D eigenvalue weighted by molar-refractivity contribution is 0.236. The third-order valence-corrected chi connectivity index (χ3v) is 16.8. The van der Waals surface area contributed by atoms with Gasteiger partial charge in [0.2, 0.25) is 0 Å². The van der Waals surface area contributed by atoms with Crippen molar-refractivity contribution in [1.29, 1.82) is 0 Å². The van der Waals surface area contributed by atoms with Crippen LogP contribution in [-0.4, -0.2) is 68.3 Å². The minimum atomic E-state index is -2.11. The first-order valence-electron chi connectivity index (χ1n) is 12.5. The van der Waals surface area contributed by atoms with E-state index in [1.54, 1.807) is 42.7 Å². The molecule has 0 spiro atoms. The van der Waals surface area contributed by atoms with Gasteiger partial charge < -0.3 is 26.6 Å². The fourth-order valence-electron chi connectivity index (χ4n) is 4.71. The van der Waals surface area contributed by atoms with Crippen LogP contribution in [-0.2, 0) is 32.0 Å². The first-order chi connectivity index (χ1) is 16.1. The van der Waals surface area contributed by atoms with E-state index >= 15 is 0 Å². The van der Waals surface area contributed by atoms with Gasteiger partial charge in [0.15, 0.2) is 0 Å². The molecule has 0 atom stereocenters. The molecule has 0 heterocycles. The Morgan fingerprint density at radius 2 is 0.824 bits per heavy atom. The molecule has 0 aliphatic carbocycles. The van der Waals surface area contributed by atoms with Crippen molar-refractivity contribution >= 4 is 25.7 Å². The van der Waals surface area contributed by atoms with Crippen molar-refractivity contribution in [3.05, 3.63) is 35.9 Å². The summed E-state index contributed by atoms with van der Waals surface area (Å²) in [6, 6.07) is 14.0. The van der Waals surface area contributed by atoms with Crippen LogP contribution in [0, 0.1) is 0 Å². The van der Waals surface area contributed by atoms with Gasteiger partial charge in [0.1, 0.15) is 0 Å². The second-order valence-corrected chi connectivity index (χ2v) is 20.6. The van der Waals surface area contributed by atoms with Gasteiger partial charge in [-0.05, 0) is 68.0 Å². The lowest BCUT2D eigenvalue weighted by Gasteiger charge is -2.37. The maximum Gasteiger partial charge on any atom is 0.334 e. The highest BCUT2D eigenvalue weighted by molar-refractivity contribution is 6.66. The highest BCUT2D eigenvalue weighted by Crippen LogP contribution is 2.42. The Morgan fingerprint density at radius 3 is 1.09 bits per heavy atom. The summed E-state index contributed by atoms with van der Waals surface area (Å²) in [7, 11) is 4.35. The van der Waals surface area contributed by atoms with Crippen molar-refractivity contribution in [1.82, 2.24) is 0 Å². The van der Waals surface area contributed by atoms with E-state index in [2.05, 4.69) is 50.0 Å². The normalized spacial score (nSPS) is 13.4. The van der Waals surface area contributed by atoms with Crippen LogP contribution in [0.3, 0.4) is 0 Å². The molecule has 0 fully saturated rings. The zero-order valence-electron chi connectivity index (χ0n) is 23.2. The Morgan fingerprint density at radius 1 is 0.529 bits per heavy atom. The van der Waals surface area contributed by atoms with Gasteiger partial charge >= 0.3 is 25.7 Å². The minimum Gasteiger partial charge on any atom is -0.398 e. The Balaban J connectivity index is 3.17. The molecular formula is C25H50O6Si3. The van der Waals surface area contributed by atoms with Crippen molar-refractivity contribution in [3.63, 3.8) is 0 Å². The van der Waals surface area contributed by atoms with Crippen LogP contribution < -0.4 is 0 Å². The maximum atomic E-state index is 5.78. The van der Waals surface area contributed by atoms with E-state index in [0.717, 1.165) is 56.7 Å². The second kappa shape index (κ2) is 15.0. The van der Waals surface area contributed by atoms with Crippen LogP contribution in [0.2, 0.25) is 37.8 Å². The molecule has 6 nitrogen and oxygen atoms in total. The van der Waals surface area contributed by atoms with Gasteiger partial charge in [-0.15, -0.1) is 0 Å². The molecule has 34 heavy (non-hydrogen) atoms. The van der Waals surface area contributed by atoms with Crippen molar-refractivity contribution in [2.24, 2.45) is 0 Å². The summed E-state index contributed by atoms with van der Waals surface area (Å²) < 4.78 is 34.7. The fourth-order valence-corrected chi connectivity index (χ4v) is 8.89. The number of benzene rings is 1. The molecule has 1 rings (SSSR count). The molecule has 0 amide bonds. The van der Waals surface area contributed by atoms with Crippen molar-refractivity contribution in [3.8, 4) is 0 Å². The van der Waals surface area contributed by atoms with Crippen LogP contribution in [0.1, 0.15) is 44.1 Å². The average molecular weight is 531 g/mol. The largest absolute Gasteiger partial charge is 0.398 e. The molecule has 0 unspecified atom stereocenters.